The largest absolute Gasteiger partial charge is 0.378 e. The second kappa shape index (κ2) is 24.5. The van der Waals surface area contributed by atoms with E-state index >= 15 is 0 Å². The Labute approximate surface area is 200 Å². The van der Waals surface area contributed by atoms with Crippen LogP contribution in [0.25, 0.3) is 0 Å². The molecule has 3 rings (SSSR count). The average molecular weight is 444 g/mol. The molecule has 0 amide bonds. The smallest absolute Gasteiger partial charge is 0.195 e. The molecule has 0 saturated heterocycles. The molecule has 3 aromatic rings. The molecule has 1 aromatic heterocycles. The highest BCUT2D eigenvalue weighted by molar-refractivity contribution is 5.44. The van der Waals surface area contributed by atoms with Crippen LogP contribution in [0.1, 0.15) is 48.0 Å². The average Bonchev–Trinajstić information content (AvgIpc) is 3.21. The zero-order chi connectivity index (χ0) is 25.4. The van der Waals surface area contributed by atoms with Crippen molar-refractivity contribution in [2.24, 2.45) is 14.1 Å². The molecular formula is C28H51N4+. The molecule has 32 heavy (non-hydrogen) atoms. The van der Waals surface area contributed by atoms with Crippen LogP contribution in [-0.2, 0) is 14.1 Å². The van der Waals surface area contributed by atoms with Crippen LogP contribution in [0.4, 0.5) is 11.4 Å². The number of aromatic nitrogens is 2. The van der Waals surface area contributed by atoms with Gasteiger partial charge in [-0.25, -0.2) is 0 Å². The van der Waals surface area contributed by atoms with Crippen molar-refractivity contribution >= 4 is 11.4 Å². The highest BCUT2D eigenvalue weighted by Crippen LogP contribution is 2.08. The Morgan fingerprint density at radius 1 is 0.656 bits per heavy atom. The summed E-state index contributed by atoms with van der Waals surface area (Å²) in [6.45, 7) is 12.2. The molecule has 0 spiro atoms. The third-order valence-electron chi connectivity index (χ3n) is 3.65. The van der Waals surface area contributed by atoms with Gasteiger partial charge in [0.15, 0.2) is 13.2 Å². The molecular weight excluding hydrogens is 392 g/mol. The summed E-state index contributed by atoms with van der Waals surface area (Å²) < 4.78 is 4.00. The first-order chi connectivity index (χ1) is 15.3. The number of aryl methyl sites for hydroxylation is 2. The van der Waals surface area contributed by atoms with E-state index in [-0.39, 0.29) is 0 Å². The third-order valence-corrected chi connectivity index (χ3v) is 3.65. The molecule has 0 aliphatic heterocycles. The van der Waals surface area contributed by atoms with Gasteiger partial charge in [-0.05, 0) is 24.3 Å². The summed E-state index contributed by atoms with van der Waals surface area (Å²) in [4.78, 5) is 4.17. The molecule has 0 atom stereocenters. The summed E-state index contributed by atoms with van der Waals surface area (Å²) in [6.07, 6.45) is 5.25. The fourth-order valence-electron chi connectivity index (χ4n) is 1.95. The van der Waals surface area contributed by atoms with Gasteiger partial charge in [0.2, 0.25) is 0 Å². The minimum Gasteiger partial charge on any atom is -0.378 e. The molecule has 0 N–H and O–H groups in total. The normalized spacial score (nSPS) is 8.12. The van der Waals surface area contributed by atoms with Crippen molar-refractivity contribution in [1.29, 1.82) is 0 Å². The van der Waals surface area contributed by atoms with E-state index in [1.165, 1.54) is 17.8 Å². The van der Waals surface area contributed by atoms with E-state index in [2.05, 4.69) is 47.9 Å². The van der Waals surface area contributed by atoms with Gasteiger partial charge in [-0.2, -0.15) is 4.68 Å². The molecule has 4 nitrogen and oxygen atoms in total. The molecule has 0 saturated carbocycles. The maximum absolute atomic E-state index is 2.12. The van der Waals surface area contributed by atoms with Crippen LogP contribution < -0.4 is 14.5 Å². The van der Waals surface area contributed by atoms with E-state index in [4.69, 9.17) is 0 Å². The van der Waals surface area contributed by atoms with E-state index in [0.717, 1.165) is 0 Å². The fraction of sp³-hybridized carbons (Fsp3) is 0.464. The van der Waals surface area contributed by atoms with Gasteiger partial charge < -0.3 is 9.80 Å². The van der Waals surface area contributed by atoms with Crippen LogP contribution >= 0.6 is 0 Å². The van der Waals surface area contributed by atoms with Crippen molar-refractivity contribution in [1.82, 2.24) is 4.68 Å². The SMILES string of the molecule is CC.CC.CCC.CN(C)c1ccccc1.CN(C)c1ccccc1.Cn1ccc[n+]1C. The summed E-state index contributed by atoms with van der Waals surface area (Å²) >= 11 is 0. The molecule has 4 heteroatoms. The lowest BCUT2D eigenvalue weighted by Gasteiger charge is -2.10. The minimum atomic E-state index is 1.25. The van der Waals surface area contributed by atoms with Crippen LogP contribution in [-0.4, -0.2) is 32.9 Å². The van der Waals surface area contributed by atoms with Gasteiger partial charge in [0, 0.05) is 45.6 Å². The third kappa shape index (κ3) is 19.2. The first-order valence-electron chi connectivity index (χ1n) is 11.7. The topological polar surface area (TPSA) is 15.3 Å². The molecule has 0 fully saturated rings. The van der Waals surface area contributed by atoms with Crippen molar-refractivity contribution in [2.75, 3.05) is 38.0 Å². The van der Waals surface area contributed by atoms with Gasteiger partial charge in [-0.15, -0.1) is 4.68 Å². The summed E-state index contributed by atoms with van der Waals surface area (Å²) in [5.74, 6) is 0. The molecule has 0 aliphatic carbocycles. The zero-order valence-electron chi connectivity index (χ0n) is 23.0. The van der Waals surface area contributed by atoms with E-state index < -0.39 is 0 Å². The van der Waals surface area contributed by atoms with E-state index in [0.29, 0.717) is 0 Å². The molecule has 0 radical (unpaired) electrons. The number of anilines is 2. The predicted octanol–water partition coefficient (Wildman–Crippen LogP) is 6.82. The number of rotatable bonds is 2. The Hall–Kier alpha value is -2.75. The molecule has 0 unspecified atom stereocenters. The monoisotopic (exact) mass is 443 g/mol. The van der Waals surface area contributed by atoms with Gasteiger partial charge in [0.05, 0.1) is 13.2 Å². The Balaban J connectivity index is -0.000000347. The first-order valence-corrected chi connectivity index (χ1v) is 11.7. The van der Waals surface area contributed by atoms with Gasteiger partial charge in [0.1, 0.15) is 0 Å². The Morgan fingerprint density at radius 3 is 1.09 bits per heavy atom. The molecule has 182 valence electrons. The number of hydrogen-bond acceptors (Lipinski definition) is 2. The van der Waals surface area contributed by atoms with Crippen LogP contribution in [0.3, 0.4) is 0 Å². The lowest BCUT2D eigenvalue weighted by atomic mass is 10.3. The summed E-state index contributed by atoms with van der Waals surface area (Å²) in [7, 11) is 12.1. The van der Waals surface area contributed by atoms with Crippen LogP contribution in [0.5, 0.6) is 0 Å². The molecule has 2 aromatic carbocycles. The summed E-state index contributed by atoms with van der Waals surface area (Å²) in [5.41, 5.74) is 2.50. The predicted molar refractivity (Wildman–Crippen MR) is 147 cm³/mol. The van der Waals surface area contributed by atoms with E-state index in [1.54, 1.807) is 0 Å². The lowest BCUT2D eigenvalue weighted by Crippen LogP contribution is -2.35. The van der Waals surface area contributed by atoms with E-state index in [9.17, 15) is 0 Å². The number of benzene rings is 2. The van der Waals surface area contributed by atoms with Gasteiger partial charge in [0.25, 0.3) is 0 Å². The Bertz CT molecular complexity index is 645. The minimum absolute atomic E-state index is 1.25. The lowest BCUT2D eigenvalue weighted by molar-refractivity contribution is -0.751. The number of nitrogens with zero attached hydrogens (tertiary/aromatic N) is 4. The Morgan fingerprint density at radius 2 is 0.969 bits per heavy atom. The quantitative estimate of drug-likeness (QED) is 0.404. The molecule has 1 heterocycles. The van der Waals surface area contributed by atoms with Crippen molar-refractivity contribution < 1.29 is 4.68 Å². The molecule has 0 aliphatic rings. The van der Waals surface area contributed by atoms with Crippen molar-refractivity contribution in [3.63, 3.8) is 0 Å². The van der Waals surface area contributed by atoms with Crippen molar-refractivity contribution in [3.8, 4) is 0 Å². The summed E-state index contributed by atoms with van der Waals surface area (Å²) in [5, 5.41) is 0. The van der Waals surface area contributed by atoms with Crippen LogP contribution in [0, 0.1) is 0 Å². The van der Waals surface area contributed by atoms with Crippen LogP contribution in [0.15, 0.2) is 79.1 Å². The highest BCUT2D eigenvalue weighted by atomic mass is 15.4. The summed E-state index contributed by atoms with van der Waals surface area (Å²) in [6, 6.07) is 22.5. The van der Waals surface area contributed by atoms with Crippen molar-refractivity contribution in [3.05, 3.63) is 79.1 Å². The van der Waals surface area contributed by atoms with Crippen LogP contribution in [0.2, 0.25) is 0 Å². The second-order valence-corrected chi connectivity index (χ2v) is 6.80. The highest BCUT2D eigenvalue weighted by Gasteiger charge is 1.90. The number of hydrogen-bond donors (Lipinski definition) is 0. The zero-order valence-corrected chi connectivity index (χ0v) is 23.0. The van der Waals surface area contributed by atoms with Gasteiger partial charge in [-0.1, -0.05) is 84.4 Å². The maximum Gasteiger partial charge on any atom is 0.195 e. The van der Waals surface area contributed by atoms with E-state index in [1.807, 2.05) is 134 Å². The van der Waals surface area contributed by atoms with Gasteiger partial charge in [-0.3, -0.25) is 0 Å². The number of para-hydroxylation sites is 2. The second-order valence-electron chi connectivity index (χ2n) is 6.80. The Kier molecular flexibility index (Phi) is 26.0. The first kappa shape index (κ1) is 33.9. The fourth-order valence-corrected chi connectivity index (χ4v) is 1.95. The van der Waals surface area contributed by atoms with Gasteiger partial charge >= 0.3 is 0 Å². The van der Waals surface area contributed by atoms with Crippen molar-refractivity contribution in [2.45, 2.75) is 48.0 Å². The molecule has 0 bridgehead atoms. The maximum atomic E-state index is 2.12. The standard InChI is InChI=1S/2C8H11N.C5H9N2.C3H8.2C2H6/c2*1-9(2)8-6-4-3-5-7-8;1-6-4-3-5-7(6)2;1-3-2;2*1-2/h2*3-7H,1-2H3;3-5H,1-2H3;3H2,1-2H3;2*1-2H3/q;;+1;;;.